The fourth-order valence-electron chi connectivity index (χ4n) is 1.68. The summed E-state index contributed by atoms with van der Waals surface area (Å²) in [6, 6.07) is 0. The van der Waals surface area contributed by atoms with E-state index in [2.05, 4.69) is 6.58 Å². The maximum Gasteiger partial charge on any atom is 0.334 e. The van der Waals surface area contributed by atoms with Crippen LogP contribution < -0.4 is 0 Å². The lowest BCUT2D eigenvalue weighted by Crippen LogP contribution is -2.46. The molecule has 15 heavy (non-hydrogen) atoms. The summed E-state index contributed by atoms with van der Waals surface area (Å²) >= 11 is 0. The van der Waals surface area contributed by atoms with Gasteiger partial charge >= 0.3 is 5.97 Å². The first kappa shape index (κ1) is 12.2. The zero-order valence-electron chi connectivity index (χ0n) is 9.87. The molecule has 86 valence electrons. The molecule has 0 radical (unpaired) electrons. The number of hydrogen-bond acceptors (Lipinski definition) is 4. The van der Waals surface area contributed by atoms with E-state index in [0.717, 1.165) is 6.54 Å². The highest BCUT2D eigenvalue weighted by atomic mass is 16.6. The zero-order valence-corrected chi connectivity index (χ0v) is 9.87. The van der Waals surface area contributed by atoms with Gasteiger partial charge in [-0.15, -0.1) is 0 Å². The summed E-state index contributed by atoms with van der Waals surface area (Å²) in [5, 5.41) is 0. The molecule has 1 aliphatic heterocycles. The van der Waals surface area contributed by atoms with Crippen LogP contribution in [0.2, 0.25) is 0 Å². The number of carbonyl (C=O) groups excluding carboxylic acids is 1. The molecule has 0 amide bonds. The number of hydrogen-bond donors (Lipinski definition) is 0. The third-order valence-electron chi connectivity index (χ3n) is 2.54. The van der Waals surface area contributed by atoms with Crippen molar-refractivity contribution in [2.75, 3.05) is 13.2 Å². The third kappa shape index (κ3) is 2.79. The van der Waals surface area contributed by atoms with Gasteiger partial charge in [0.05, 0.1) is 6.61 Å². The van der Waals surface area contributed by atoms with Gasteiger partial charge in [-0.05, 0) is 27.7 Å². The van der Waals surface area contributed by atoms with Crippen LogP contribution in [0.5, 0.6) is 0 Å². The molecule has 4 heteroatoms. The van der Waals surface area contributed by atoms with E-state index in [0.29, 0.717) is 12.2 Å². The van der Waals surface area contributed by atoms with Gasteiger partial charge in [0.15, 0.2) is 6.23 Å². The first-order valence-corrected chi connectivity index (χ1v) is 5.12. The van der Waals surface area contributed by atoms with Crippen molar-refractivity contribution in [3.63, 3.8) is 0 Å². The maximum absolute atomic E-state index is 11.3. The summed E-state index contributed by atoms with van der Waals surface area (Å²) in [5.74, 6) is -0.356. The van der Waals surface area contributed by atoms with E-state index in [-0.39, 0.29) is 17.9 Å². The van der Waals surface area contributed by atoms with Crippen LogP contribution in [0.15, 0.2) is 12.2 Å². The molecule has 0 aromatic rings. The molecule has 1 atom stereocenters. The highest BCUT2D eigenvalue weighted by Gasteiger charge is 2.37. The maximum atomic E-state index is 11.3. The molecule has 1 heterocycles. The van der Waals surface area contributed by atoms with Crippen LogP contribution in [0.25, 0.3) is 0 Å². The molecule has 0 spiro atoms. The average molecular weight is 213 g/mol. The van der Waals surface area contributed by atoms with Gasteiger partial charge in [0.25, 0.3) is 0 Å². The number of esters is 1. The summed E-state index contributed by atoms with van der Waals surface area (Å²) in [4.78, 5) is 13.3. The molecule has 0 bridgehead atoms. The van der Waals surface area contributed by atoms with Crippen LogP contribution in [-0.4, -0.2) is 36.0 Å². The van der Waals surface area contributed by atoms with Crippen molar-refractivity contribution >= 4 is 5.97 Å². The standard InChI is InChI=1S/C11H19NO3/c1-8(2)10(13)15-9(3)12-6-7-14-11(12,4)5/h9H,1,6-7H2,2-5H3. The van der Waals surface area contributed by atoms with Crippen LogP contribution in [-0.2, 0) is 14.3 Å². The van der Waals surface area contributed by atoms with Crippen molar-refractivity contribution in [3.05, 3.63) is 12.2 Å². The molecule has 1 aliphatic rings. The van der Waals surface area contributed by atoms with Gasteiger partial charge in [-0.25, -0.2) is 9.69 Å². The fraction of sp³-hybridized carbons (Fsp3) is 0.727. The van der Waals surface area contributed by atoms with Crippen molar-refractivity contribution in [1.29, 1.82) is 0 Å². The number of rotatable bonds is 3. The normalized spacial score (nSPS) is 22.4. The van der Waals surface area contributed by atoms with Crippen LogP contribution in [0.1, 0.15) is 27.7 Å². The predicted octanol–water partition coefficient (Wildman–Crippen LogP) is 1.52. The summed E-state index contributed by atoms with van der Waals surface area (Å²) in [6.45, 7) is 12.4. The van der Waals surface area contributed by atoms with Crippen molar-refractivity contribution in [2.24, 2.45) is 0 Å². The molecular formula is C11H19NO3. The molecule has 0 aromatic carbocycles. The Bertz CT molecular complexity index is 273. The highest BCUT2D eigenvalue weighted by Crippen LogP contribution is 2.25. The van der Waals surface area contributed by atoms with Crippen molar-refractivity contribution in [2.45, 2.75) is 39.6 Å². The van der Waals surface area contributed by atoms with Gasteiger partial charge in [-0.3, -0.25) is 0 Å². The lowest BCUT2D eigenvalue weighted by atomic mass is 10.2. The van der Waals surface area contributed by atoms with Gasteiger partial charge in [0.2, 0.25) is 0 Å². The Morgan fingerprint density at radius 2 is 2.20 bits per heavy atom. The lowest BCUT2D eigenvalue weighted by molar-refractivity contribution is -0.167. The van der Waals surface area contributed by atoms with E-state index < -0.39 is 0 Å². The second-order valence-electron chi connectivity index (χ2n) is 4.27. The molecule has 0 saturated carbocycles. The van der Waals surface area contributed by atoms with Crippen LogP contribution >= 0.6 is 0 Å². The minimum atomic E-state index is -0.366. The lowest BCUT2D eigenvalue weighted by Gasteiger charge is -2.34. The minimum Gasteiger partial charge on any atom is -0.443 e. The van der Waals surface area contributed by atoms with E-state index in [1.165, 1.54) is 0 Å². The van der Waals surface area contributed by atoms with E-state index in [1.807, 2.05) is 25.7 Å². The van der Waals surface area contributed by atoms with Gasteiger partial charge < -0.3 is 9.47 Å². The van der Waals surface area contributed by atoms with Crippen molar-refractivity contribution in [3.8, 4) is 0 Å². The largest absolute Gasteiger partial charge is 0.443 e. The highest BCUT2D eigenvalue weighted by molar-refractivity contribution is 5.87. The molecule has 1 rings (SSSR count). The Morgan fingerprint density at radius 3 is 2.60 bits per heavy atom. The van der Waals surface area contributed by atoms with E-state index >= 15 is 0 Å². The first-order chi connectivity index (χ1) is 6.84. The molecule has 0 aromatic heterocycles. The molecule has 0 aliphatic carbocycles. The van der Waals surface area contributed by atoms with Crippen LogP contribution in [0, 0.1) is 0 Å². The SMILES string of the molecule is C=C(C)C(=O)OC(C)N1CCOC1(C)C. The molecule has 1 unspecified atom stereocenters. The molecule has 1 fully saturated rings. The first-order valence-electron chi connectivity index (χ1n) is 5.12. The van der Waals surface area contributed by atoms with E-state index in [4.69, 9.17) is 9.47 Å². The van der Waals surface area contributed by atoms with Crippen molar-refractivity contribution < 1.29 is 14.3 Å². The van der Waals surface area contributed by atoms with Gasteiger partial charge in [-0.2, -0.15) is 0 Å². The topological polar surface area (TPSA) is 38.8 Å². The number of nitrogens with zero attached hydrogens (tertiary/aromatic N) is 1. The minimum absolute atomic E-state index is 0.285. The quantitative estimate of drug-likeness (QED) is 0.526. The Labute approximate surface area is 90.8 Å². The van der Waals surface area contributed by atoms with E-state index in [1.54, 1.807) is 6.92 Å². The number of ether oxygens (including phenoxy) is 2. The predicted molar refractivity (Wildman–Crippen MR) is 57.1 cm³/mol. The van der Waals surface area contributed by atoms with Crippen molar-refractivity contribution in [1.82, 2.24) is 4.90 Å². The second kappa shape index (κ2) is 4.33. The second-order valence-corrected chi connectivity index (χ2v) is 4.27. The smallest absolute Gasteiger partial charge is 0.334 e. The average Bonchev–Trinajstić information content (AvgIpc) is 2.44. The molecular weight excluding hydrogens is 194 g/mol. The molecule has 0 N–H and O–H groups in total. The zero-order chi connectivity index (χ0) is 11.6. The third-order valence-corrected chi connectivity index (χ3v) is 2.54. The monoisotopic (exact) mass is 213 g/mol. The summed E-state index contributed by atoms with van der Waals surface area (Å²) in [5.41, 5.74) is 0.0502. The van der Waals surface area contributed by atoms with Gasteiger partial charge in [0, 0.05) is 12.1 Å². The fourth-order valence-corrected chi connectivity index (χ4v) is 1.68. The van der Waals surface area contributed by atoms with Crippen LogP contribution in [0.4, 0.5) is 0 Å². The Balaban J connectivity index is 2.57. The summed E-state index contributed by atoms with van der Waals surface area (Å²) in [7, 11) is 0. The Hall–Kier alpha value is -0.870. The van der Waals surface area contributed by atoms with E-state index in [9.17, 15) is 4.79 Å². The summed E-state index contributed by atoms with van der Waals surface area (Å²) in [6.07, 6.45) is -0.285. The van der Waals surface area contributed by atoms with Gasteiger partial charge in [-0.1, -0.05) is 6.58 Å². The number of carbonyl (C=O) groups is 1. The molecule has 1 saturated heterocycles. The molecule has 4 nitrogen and oxygen atoms in total. The summed E-state index contributed by atoms with van der Waals surface area (Å²) < 4.78 is 10.8. The van der Waals surface area contributed by atoms with Gasteiger partial charge in [0.1, 0.15) is 5.72 Å². The van der Waals surface area contributed by atoms with Crippen LogP contribution in [0.3, 0.4) is 0 Å². The Kier molecular flexibility index (Phi) is 3.52. The Morgan fingerprint density at radius 1 is 1.60 bits per heavy atom.